The Bertz CT molecular complexity index is 734. The van der Waals surface area contributed by atoms with Crippen LogP contribution in [0, 0.1) is 0 Å². The molecule has 144 valence electrons. The maximum absolute atomic E-state index is 12.4. The summed E-state index contributed by atoms with van der Waals surface area (Å²) in [6.45, 7) is 14.1. The van der Waals surface area contributed by atoms with E-state index in [2.05, 4.69) is 57.0 Å². The molecule has 0 saturated heterocycles. The molecular formula is C21H30O3Si3. The average molecular weight is 415 g/mol. The number of carbonyl (C=O) groups is 1. The van der Waals surface area contributed by atoms with Gasteiger partial charge in [0.2, 0.25) is 0 Å². The number of ketones is 1. The Balaban J connectivity index is 2.57. The van der Waals surface area contributed by atoms with Gasteiger partial charge in [-0.3, -0.25) is 4.79 Å². The van der Waals surface area contributed by atoms with E-state index in [4.69, 9.17) is 8.23 Å². The zero-order valence-corrected chi connectivity index (χ0v) is 20.1. The standard InChI is InChI=1S/C21H30O3Si3/c1-18(2)21(22)17-26(5,6)24-27(23-25(3)4,19-13-9-7-10-14-19)20-15-11-8-12-16-20/h7-16,25H,1,17H2,2-6H3. The minimum atomic E-state index is -2.91. The summed E-state index contributed by atoms with van der Waals surface area (Å²) in [6, 6.07) is 20.9. The smallest absolute Gasteiger partial charge is 0.386 e. The molecular weight excluding hydrogens is 384 g/mol. The molecule has 0 spiro atoms. The first kappa shape index (κ1) is 21.7. The zero-order chi connectivity index (χ0) is 20.1. The number of rotatable bonds is 9. The molecule has 0 saturated carbocycles. The lowest BCUT2D eigenvalue weighted by Crippen LogP contribution is -2.68. The van der Waals surface area contributed by atoms with Crippen molar-refractivity contribution in [3.05, 3.63) is 72.8 Å². The minimum absolute atomic E-state index is 0.0810. The second-order valence-electron chi connectivity index (χ2n) is 7.76. The molecule has 0 radical (unpaired) electrons. The van der Waals surface area contributed by atoms with Crippen LogP contribution in [0.1, 0.15) is 6.92 Å². The average Bonchev–Trinajstić information content (AvgIpc) is 2.61. The van der Waals surface area contributed by atoms with Crippen molar-refractivity contribution >= 4 is 42.1 Å². The van der Waals surface area contributed by atoms with E-state index in [0.717, 1.165) is 10.4 Å². The van der Waals surface area contributed by atoms with Crippen LogP contribution in [-0.4, -0.2) is 31.7 Å². The maximum atomic E-state index is 12.4. The van der Waals surface area contributed by atoms with Crippen molar-refractivity contribution in [2.45, 2.75) is 39.2 Å². The van der Waals surface area contributed by atoms with E-state index in [9.17, 15) is 4.79 Å². The van der Waals surface area contributed by atoms with Gasteiger partial charge < -0.3 is 8.23 Å². The summed E-state index contributed by atoms with van der Waals surface area (Å²) in [7, 11) is -6.68. The molecule has 0 aliphatic carbocycles. The van der Waals surface area contributed by atoms with Crippen LogP contribution in [0.5, 0.6) is 0 Å². The van der Waals surface area contributed by atoms with Crippen molar-refractivity contribution in [1.82, 2.24) is 0 Å². The van der Waals surface area contributed by atoms with E-state index >= 15 is 0 Å². The van der Waals surface area contributed by atoms with Crippen molar-refractivity contribution in [1.29, 1.82) is 0 Å². The number of allylic oxidation sites excluding steroid dienone is 1. The summed E-state index contributed by atoms with van der Waals surface area (Å²) >= 11 is 0. The second-order valence-corrected chi connectivity index (χ2v) is 17.9. The Morgan fingerprint density at radius 2 is 1.41 bits per heavy atom. The van der Waals surface area contributed by atoms with Crippen molar-refractivity contribution in [2.24, 2.45) is 0 Å². The highest BCUT2D eigenvalue weighted by Gasteiger charge is 2.47. The molecule has 0 heterocycles. The third-order valence-electron chi connectivity index (χ3n) is 4.19. The fraction of sp³-hybridized carbons (Fsp3) is 0.286. The van der Waals surface area contributed by atoms with Gasteiger partial charge >= 0.3 is 8.56 Å². The van der Waals surface area contributed by atoms with Crippen LogP contribution in [0.4, 0.5) is 0 Å². The van der Waals surface area contributed by atoms with Crippen LogP contribution in [0.15, 0.2) is 72.8 Å². The van der Waals surface area contributed by atoms with Crippen LogP contribution in [0.25, 0.3) is 0 Å². The lowest BCUT2D eigenvalue weighted by atomic mass is 10.2. The van der Waals surface area contributed by atoms with Crippen LogP contribution in [-0.2, 0) is 13.0 Å². The second kappa shape index (κ2) is 9.07. The van der Waals surface area contributed by atoms with Gasteiger partial charge in [-0.1, -0.05) is 67.2 Å². The number of Topliss-reactive ketones (excluding diaryl/α,β-unsaturated/α-hetero) is 1. The van der Waals surface area contributed by atoms with Gasteiger partial charge in [-0.2, -0.15) is 0 Å². The molecule has 0 unspecified atom stereocenters. The molecule has 0 N–H and O–H groups in total. The molecule has 0 fully saturated rings. The van der Waals surface area contributed by atoms with Crippen molar-refractivity contribution < 1.29 is 13.0 Å². The molecule has 2 rings (SSSR count). The molecule has 0 bridgehead atoms. The van der Waals surface area contributed by atoms with E-state index in [1.54, 1.807) is 6.92 Å². The quantitative estimate of drug-likeness (QED) is 0.464. The first-order chi connectivity index (χ1) is 12.7. The van der Waals surface area contributed by atoms with Gasteiger partial charge in [0.1, 0.15) is 0 Å². The lowest BCUT2D eigenvalue weighted by Gasteiger charge is -2.39. The Kier molecular flexibility index (Phi) is 7.30. The first-order valence-corrected chi connectivity index (χ1v) is 17.1. The van der Waals surface area contributed by atoms with Gasteiger partial charge in [0.05, 0.1) is 0 Å². The predicted octanol–water partition coefficient (Wildman–Crippen LogP) is 3.61. The fourth-order valence-electron chi connectivity index (χ4n) is 3.05. The van der Waals surface area contributed by atoms with Gasteiger partial charge in [0.25, 0.3) is 0 Å². The normalized spacial score (nSPS) is 12.2. The fourth-order valence-corrected chi connectivity index (χ4v) is 14.4. The molecule has 27 heavy (non-hydrogen) atoms. The summed E-state index contributed by atoms with van der Waals surface area (Å²) in [5, 5.41) is 2.20. The van der Waals surface area contributed by atoms with Crippen LogP contribution < -0.4 is 10.4 Å². The van der Waals surface area contributed by atoms with Crippen LogP contribution in [0.2, 0.25) is 32.2 Å². The Morgan fingerprint density at radius 3 is 1.78 bits per heavy atom. The largest absolute Gasteiger partial charge is 0.433 e. The summed E-state index contributed by atoms with van der Waals surface area (Å²) in [4.78, 5) is 12.4. The monoisotopic (exact) mass is 414 g/mol. The Labute approximate surface area is 167 Å². The minimum Gasteiger partial charge on any atom is -0.433 e. The van der Waals surface area contributed by atoms with Gasteiger partial charge in [-0.15, -0.1) is 0 Å². The highest BCUT2D eigenvalue weighted by atomic mass is 28.5. The van der Waals surface area contributed by atoms with Gasteiger partial charge in [0.15, 0.2) is 23.1 Å². The summed E-state index contributed by atoms with van der Waals surface area (Å²) in [5.74, 6) is 0.0810. The van der Waals surface area contributed by atoms with Crippen LogP contribution in [0.3, 0.4) is 0 Å². The van der Waals surface area contributed by atoms with Gasteiger partial charge in [0, 0.05) is 6.04 Å². The highest BCUT2D eigenvalue weighted by molar-refractivity contribution is 7.01. The predicted molar refractivity (Wildman–Crippen MR) is 121 cm³/mol. The van der Waals surface area contributed by atoms with E-state index < -0.39 is 25.9 Å². The molecule has 6 heteroatoms. The Hall–Kier alpha value is -1.58. The number of hydrogen-bond donors (Lipinski definition) is 0. The lowest BCUT2D eigenvalue weighted by molar-refractivity contribution is -0.113. The third-order valence-corrected chi connectivity index (χ3v) is 14.1. The highest BCUT2D eigenvalue weighted by Crippen LogP contribution is 2.22. The number of benzene rings is 2. The molecule has 2 aromatic carbocycles. The number of hydrogen-bond acceptors (Lipinski definition) is 3. The maximum Gasteiger partial charge on any atom is 0.386 e. The van der Waals surface area contributed by atoms with Crippen LogP contribution >= 0.6 is 0 Å². The Morgan fingerprint density at radius 1 is 0.963 bits per heavy atom. The molecule has 0 aliphatic heterocycles. The third kappa shape index (κ3) is 5.70. The van der Waals surface area contributed by atoms with Crippen molar-refractivity contribution in [3.8, 4) is 0 Å². The topological polar surface area (TPSA) is 35.5 Å². The van der Waals surface area contributed by atoms with E-state index in [0.29, 0.717) is 11.6 Å². The SMILES string of the molecule is C=C(C)C(=O)C[Si](C)(C)O[Si](O[SiH](C)C)(c1ccccc1)c1ccccc1. The first-order valence-electron chi connectivity index (χ1n) is 9.34. The van der Waals surface area contributed by atoms with E-state index in [1.807, 2.05) is 36.4 Å². The van der Waals surface area contributed by atoms with E-state index in [1.165, 1.54) is 0 Å². The summed E-state index contributed by atoms with van der Waals surface area (Å²) in [6.07, 6.45) is 0. The molecule has 3 nitrogen and oxygen atoms in total. The molecule has 0 aromatic heterocycles. The van der Waals surface area contributed by atoms with Crippen molar-refractivity contribution in [2.75, 3.05) is 0 Å². The molecule has 0 atom stereocenters. The number of carbonyl (C=O) groups excluding carboxylic acids is 1. The molecule has 0 amide bonds. The summed E-state index contributed by atoms with van der Waals surface area (Å²) < 4.78 is 13.7. The van der Waals surface area contributed by atoms with Gasteiger partial charge in [-0.25, -0.2) is 0 Å². The zero-order valence-electron chi connectivity index (χ0n) is 17.0. The molecule has 2 aromatic rings. The molecule has 0 aliphatic rings. The van der Waals surface area contributed by atoms with Crippen molar-refractivity contribution in [3.63, 3.8) is 0 Å². The summed E-state index contributed by atoms with van der Waals surface area (Å²) in [5.41, 5.74) is 0.588. The van der Waals surface area contributed by atoms with E-state index in [-0.39, 0.29) is 5.78 Å². The van der Waals surface area contributed by atoms with Gasteiger partial charge in [-0.05, 0) is 49.1 Å².